The van der Waals surface area contributed by atoms with E-state index in [-0.39, 0.29) is 18.0 Å². The standard InChI is InChI=1S/C31H34F6N4O2/c1-21(2)39-28(42)17-27-20-40(15-16-41(27)19-23-11-13-38-14-12-23)18-22-3-5-24(6-4-22)25-7-9-26(10-8-25)29(43,30(32,33)34)31(35,36)37/h3-14,21,27,43H,15-20H2,1-2H3,(H,39,42)/t27-/m1/s1. The van der Waals surface area contributed by atoms with Gasteiger partial charge in [-0.25, -0.2) is 0 Å². The summed E-state index contributed by atoms with van der Waals surface area (Å²) in [5.74, 6) is -0.0131. The fourth-order valence-electron chi connectivity index (χ4n) is 5.27. The highest BCUT2D eigenvalue weighted by molar-refractivity contribution is 5.76. The molecule has 0 saturated carbocycles. The molecule has 1 fully saturated rings. The van der Waals surface area contributed by atoms with Crippen LogP contribution in [0.15, 0.2) is 73.1 Å². The minimum Gasteiger partial charge on any atom is -0.369 e. The molecular weight excluding hydrogens is 574 g/mol. The van der Waals surface area contributed by atoms with Gasteiger partial charge in [-0.2, -0.15) is 26.3 Å². The van der Waals surface area contributed by atoms with Crippen molar-refractivity contribution >= 4 is 5.91 Å². The molecule has 0 spiro atoms. The molecule has 1 aliphatic heterocycles. The summed E-state index contributed by atoms with van der Waals surface area (Å²) >= 11 is 0. The van der Waals surface area contributed by atoms with Crippen LogP contribution in [0.25, 0.3) is 11.1 Å². The summed E-state index contributed by atoms with van der Waals surface area (Å²) < 4.78 is 79.2. The Morgan fingerprint density at radius 1 is 0.860 bits per heavy atom. The second-order valence-corrected chi connectivity index (χ2v) is 11.1. The maximum atomic E-state index is 13.2. The van der Waals surface area contributed by atoms with Crippen molar-refractivity contribution in [3.05, 3.63) is 89.7 Å². The Kier molecular flexibility index (Phi) is 9.83. The quantitative estimate of drug-likeness (QED) is 0.307. The van der Waals surface area contributed by atoms with Crippen molar-refractivity contribution in [2.45, 2.75) is 63.4 Å². The van der Waals surface area contributed by atoms with Gasteiger partial charge in [0.05, 0.1) is 0 Å². The van der Waals surface area contributed by atoms with E-state index >= 15 is 0 Å². The van der Waals surface area contributed by atoms with Gasteiger partial charge in [0.25, 0.3) is 5.60 Å². The largest absolute Gasteiger partial charge is 0.430 e. The van der Waals surface area contributed by atoms with Gasteiger partial charge in [-0.1, -0.05) is 48.5 Å². The maximum Gasteiger partial charge on any atom is 0.430 e. The summed E-state index contributed by atoms with van der Waals surface area (Å²) in [6.07, 6.45) is -8.03. The highest BCUT2D eigenvalue weighted by Gasteiger charge is 2.71. The number of carbonyl (C=O) groups excluding carboxylic acids is 1. The van der Waals surface area contributed by atoms with Crippen molar-refractivity contribution in [2.75, 3.05) is 19.6 Å². The summed E-state index contributed by atoms with van der Waals surface area (Å²) in [6.45, 7) is 7.35. The summed E-state index contributed by atoms with van der Waals surface area (Å²) in [5, 5.41) is 12.6. The van der Waals surface area contributed by atoms with E-state index in [0.717, 1.165) is 36.3 Å². The number of rotatable bonds is 9. The van der Waals surface area contributed by atoms with Crippen LogP contribution in [0.4, 0.5) is 26.3 Å². The number of aliphatic hydroxyl groups is 1. The second-order valence-electron chi connectivity index (χ2n) is 11.1. The molecular formula is C31H34F6N4O2. The maximum absolute atomic E-state index is 13.2. The molecule has 2 heterocycles. The number of piperazine rings is 1. The Balaban J connectivity index is 1.44. The molecule has 4 rings (SSSR count). The van der Waals surface area contributed by atoms with Crippen LogP contribution in [0, 0.1) is 0 Å². The number of nitrogens with one attached hydrogen (secondary N) is 1. The lowest BCUT2D eigenvalue weighted by Crippen LogP contribution is -2.53. The van der Waals surface area contributed by atoms with Crippen LogP contribution in [-0.4, -0.2) is 69.9 Å². The monoisotopic (exact) mass is 608 g/mol. The molecule has 2 aromatic carbocycles. The topological polar surface area (TPSA) is 68.7 Å². The Labute approximate surface area is 246 Å². The Bertz CT molecular complexity index is 1330. The number of carbonyl (C=O) groups is 1. The predicted octanol–water partition coefficient (Wildman–Crippen LogP) is 5.66. The molecule has 232 valence electrons. The first-order valence-electron chi connectivity index (χ1n) is 13.9. The highest BCUT2D eigenvalue weighted by atomic mass is 19.4. The van der Waals surface area contributed by atoms with Gasteiger partial charge in [-0.15, -0.1) is 0 Å². The van der Waals surface area contributed by atoms with E-state index in [1.54, 1.807) is 24.5 Å². The number of nitrogens with zero attached hydrogens (tertiary/aromatic N) is 3. The van der Waals surface area contributed by atoms with Gasteiger partial charge in [0.15, 0.2) is 0 Å². The fraction of sp³-hybridized carbons (Fsp3) is 0.419. The number of amides is 1. The molecule has 0 unspecified atom stereocenters. The van der Waals surface area contributed by atoms with Crippen LogP contribution in [0.5, 0.6) is 0 Å². The highest BCUT2D eigenvalue weighted by Crippen LogP contribution is 2.50. The Morgan fingerprint density at radius 3 is 1.93 bits per heavy atom. The van der Waals surface area contributed by atoms with Crippen molar-refractivity contribution < 1.29 is 36.2 Å². The number of hydrogen-bond acceptors (Lipinski definition) is 5. The fourth-order valence-corrected chi connectivity index (χ4v) is 5.27. The van der Waals surface area contributed by atoms with Crippen molar-refractivity contribution in [1.82, 2.24) is 20.1 Å². The van der Waals surface area contributed by atoms with E-state index in [0.29, 0.717) is 49.3 Å². The first-order valence-corrected chi connectivity index (χ1v) is 13.9. The zero-order chi connectivity index (χ0) is 31.4. The number of hydrogen-bond donors (Lipinski definition) is 2. The van der Waals surface area contributed by atoms with Gasteiger partial charge in [0.2, 0.25) is 5.91 Å². The smallest absolute Gasteiger partial charge is 0.369 e. The van der Waals surface area contributed by atoms with Crippen LogP contribution in [0.2, 0.25) is 0 Å². The minimum atomic E-state index is -5.93. The van der Waals surface area contributed by atoms with Gasteiger partial charge in [-0.3, -0.25) is 19.6 Å². The number of benzene rings is 2. The molecule has 12 heteroatoms. The predicted molar refractivity (Wildman–Crippen MR) is 149 cm³/mol. The van der Waals surface area contributed by atoms with Gasteiger partial charge >= 0.3 is 12.4 Å². The summed E-state index contributed by atoms with van der Waals surface area (Å²) in [4.78, 5) is 21.3. The summed E-state index contributed by atoms with van der Waals surface area (Å²) in [5.41, 5.74) is -3.17. The molecule has 2 N–H and O–H groups in total. The lowest BCUT2D eigenvalue weighted by atomic mass is 9.90. The van der Waals surface area contributed by atoms with E-state index in [2.05, 4.69) is 20.1 Å². The normalized spacial score (nSPS) is 17.3. The number of aromatic nitrogens is 1. The minimum absolute atomic E-state index is 0.00880. The average Bonchev–Trinajstić information content (AvgIpc) is 2.93. The Morgan fingerprint density at radius 2 is 1.40 bits per heavy atom. The van der Waals surface area contributed by atoms with Crippen LogP contribution in [0.3, 0.4) is 0 Å². The molecule has 43 heavy (non-hydrogen) atoms. The lowest BCUT2D eigenvalue weighted by Gasteiger charge is -2.41. The van der Waals surface area contributed by atoms with Gasteiger partial charge < -0.3 is 10.4 Å². The van der Waals surface area contributed by atoms with Crippen LogP contribution in [-0.2, 0) is 23.5 Å². The molecule has 3 aromatic rings. The molecule has 1 amide bonds. The number of alkyl halides is 6. The molecule has 0 aliphatic carbocycles. The second kappa shape index (κ2) is 13.0. The van der Waals surface area contributed by atoms with Crippen LogP contribution < -0.4 is 5.32 Å². The third-order valence-electron chi connectivity index (χ3n) is 7.51. The van der Waals surface area contributed by atoms with Crippen molar-refractivity contribution in [2.24, 2.45) is 0 Å². The molecule has 6 nitrogen and oxygen atoms in total. The third-order valence-corrected chi connectivity index (χ3v) is 7.51. The zero-order valence-corrected chi connectivity index (χ0v) is 23.8. The van der Waals surface area contributed by atoms with E-state index in [9.17, 15) is 36.2 Å². The summed E-state index contributed by atoms with van der Waals surface area (Å²) in [6, 6.07) is 14.7. The van der Waals surface area contributed by atoms with Crippen molar-refractivity contribution in [1.29, 1.82) is 0 Å². The van der Waals surface area contributed by atoms with Gasteiger partial charge in [0, 0.05) is 69.2 Å². The van der Waals surface area contributed by atoms with Crippen LogP contribution in [0.1, 0.15) is 37.0 Å². The molecule has 1 aliphatic rings. The lowest BCUT2D eigenvalue weighted by molar-refractivity contribution is -0.376. The number of pyridine rings is 1. The SMILES string of the molecule is CC(C)NC(=O)C[C@@H]1CN(Cc2ccc(-c3ccc(C(O)(C(F)(F)F)C(F)(F)F)cc3)cc2)CCN1Cc1ccncc1. The van der Waals surface area contributed by atoms with Crippen molar-refractivity contribution in [3.63, 3.8) is 0 Å². The van der Waals surface area contributed by atoms with Gasteiger partial charge in [-0.05, 0) is 48.2 Å². The summed E-state index contributed by atoms with van der Waals surface area (Å²) in [7, 11) is 0. The molecule has 1 atom stereocenters. The van der Waals surface area contributed by atoms with E-state index in [1.165, 1.54) is 0 Å². The first kappa shape index (κ1) is 32.4. The van der Waals surface area contributed by atoms with Crippen molar-refractivity contribution in [3.8, 4) is 11.1 Å². The molecule has 0 bridgehead atoms. The average molecular weight is 609 g/mol. The Hall–Kier alpha value is -3.48. The molecule has 1 aromatic heterocycles. The van der Waals surface area contributed by atoms with Gasteiger partial charge in [0.1, 0.15) is 0 Å². The molecule has 1 saturated heterocycles. The molecule has 0 radical (unpaired) electrons. The van der Waals surface area contributed by atoms with E-state index in [1.807, 2.05) is 38.1 Å². The van der Waals surface area contributed by atoms with Crippen LogP contribution >= 0.6 is 0 Å². The van der Waals surface area contributed by atoms with E-state index in [4.69, 9.17) is 0 Å². The first-order chi connectivity index (χ1) is 20.2. The zero-order valence-electron chi connectivity index (χ0n) is 23.8. The number of halogens is 6. The third kappa shape index (κ3) is 7.73. The van der Waals surface area contributed by atoms with E-state index < -0.39 is 23.5 Å².